The molecular weight excluding hydrogens is 252 g/mol. The van der Waals surface area contributed by atoms with Gasteiger partial charge < -0.3 is 10.2 Å². The number of aliphatic hydroxyl groups is 1. The van der Waals surface area contributed by atoms with Gasteiger partial charge in [-0.15, -0.1) is 0 Å². The first-order chi connectivity index (χ1) is 9.68. The monoisotopic (exact) mass is 266 g/mol. The highest BCUT2D eigenvalue weighted by atomic mass is 16.4. The van der Waals surface area contributed by atoms with Gasteiger partial charge in [-0.2, -0.15) is 0 Å². The van der Waals surface area contributed by atoms with Crippen molar-refractivity contribution in [1.82, 2.24) is 0 Å². The van der Waals surface area contributed by atoms with Gasteiger partial charge in [0.1, 0.15) is 0 Å². The number of carboxylic acid groups (broad SMARTS) is 1. The Morgan fingerprint density at radius 1 is 1.00 bits per heavy atom. The van der Waals surface area contributed by atoms with Crippen LogP contribution in [0.15, 0.2) is 42.5 Å². The van der Waals surface area contributed by atoms with E-state index in [1.165, 1.54) is 0 Å². The van der Waals surface area contributed by atoms with E-state index in [0.29, 0.717) is 0 Å². The van der Waals surface area contributed by atoms with Crippen LogP contribution in [0.2, 0.25) is 0 Å². The largest absolute Gasteiger partial charge is 0.481 e. The number of aliphatic hydroxyl groups excluding tert-OH is 1. The van der Waals surface area contributed by atoms with E-state index < -0.39 is 18.0 Å². The van der Waals surface area contributed by atoms with Crippen LogP contribution in [0.3, 0.4) is 0 Å². The first-order valence-electron chi connectivity index (χ1n) is 6.81. The van der Waals surface area contributed by atoms with E-state index in [2.05, 4.69) is 0 Å². The van der Waals surface area contributed by atoms with E-state index in [-0.39, 0.29) is 12.3 Å². The van der Waals surface area contributed by atoms with Crippen LogP contribution >= 0.6 is 0 Å². The molecule has 0 spiro atoms. The van der Waals surface area contributed by atoms with Crippen molar-refractivity contribution in [3.8, 4) is 11.1 Å². The van der Waals surface area contributed by atoms with Crippen molar-refractivity contribution in [3.63, 3.8) is 0 Å². The third kappa shape index (κ3) is 1.36. The summed E-state index contributed by atoms with van der Waals surface area (Å²) in [6.45, 7) is 0. The minimum Gasteiger partial charge on any atom is -0.481 e. The van der Waals surface area contributed by atoms with Crippen LogP contribution < -0.4 is 0 Å². The summed E-state index contributed by atoms with van der Waals surface area (Å²) in [5, 5.41) is 19.8. The van der Waals surface area contributed by atoms with Crippen molar-refractivity contribution >= 4 is 5.97 Å². The summed E-state index contributed by atoms with van der Waals surface area (Å²) in [4.78, 5) is 11.6. The maximum atomic E-state index is 11.6. The van der Waals surface area contributed by atoms with E-state index in [9.17, 15) is 15.0 Å². The summed E-state index contributed by atoms with van der Waals surface area (Å²) in [6, 6.07) is 13.9. The van der Waals surface area contributed by atoms with Gasteiger partial charge in [0.2, 0.25) is 0 Å². The lowest BCUT2D eigenvalue weighted by molar-refractivity contribution is -0.143. The average Bonchev–Trinajstić information content (AvgIpc) is 2.79. The first-order valence-corrected chi connectivity index (χ1v) is 6.81. The van der Waals surface area contributed by atoms with E-state index in [1.54, 1.807) is 0 Å². The standard InChI is InChI=1S/C17H14O3/c18-14-8-13(17(19)20)16-10-5-2-1-4-9(10)11-6-3-7-12(14)15(11)16/h1-7,13-14,16,18H,8H2,(H,19,20)/t13-,14+,16+/m0/s1. The fourth-order valence-electron chi connectivity index (χ4n) is 3.79. The molecule has 0 fully saturated rings. The Hall–Kier alpha value is -2.13. The maximum Gasteiger partial charge on any atom is 0.307 e. The Bertz CT molecular complexity index is 720. The number of fused-ring (bicyclic) bond motifs is 3. The number of carboxylic acids is 1. The van der Waals surface area contributed by atoms with E-state index in [1.807, 2.05) is 42.5 Å². The second kappa shape index (κ2) is 3.93. The van der Waals surface area contributed by atoms with Crippen LogP contribution in [0.5, 0.6) is 0 Å². The van der Waals surface area contributed by atoms with Crippen molar-refractivity contribution in [2.75, 3.05) is 0 Å². The molecule has 3 nitrogen and oxygen atoms in total. The molecule has 3 heteroatoms. The molecule has 0 bridgehead atoms. The maximum absolute atomic E-state index is 11.6. The second-order valence-electron chi connectivity index (χ2n) is 5.57. The molecular formula is C17H14O3. The molecule has 0 saturated heterocycles. The first kappa shape index (κ1) is 11.7. The zero-order chi connectivity index (χ0) is 13.9. The molecule has 20 heavy (non-hydrogen) atoms. The number of rotatable bonds is 1. The number of aliphatic carboxylic acids is 1. The number of benzene rings is 2. The lowest BCUT2D eigenvalue weighted by Crippen LogP contribution is -2.29. The van der Waals surface area contributed by atoms with Crippen molar-refractivity contribution in [2.24, 2.45) is 5.92 Å². The molecule has 100 valence electrons. The molecule has 2 aliphatic rings. The van der Waals surface area contributed by atoms with Gasteiger partial charge in [0.15, 0.2) is 0 Å². The van der Waals surface area contributed by atoms with Crippen molar-refractivity contribution in [1.29, 1.82) is 0 Å². The van der Waals surface area contributed by atoms with E-state index >= 15 is 0 Å². The number of carbonyl (C=O) groups is 1. The molecule has 2 aromatic rings. The second-order valence-corrected chi connectivity index (χ2v) is 5.57. The fourth-order valence-corrected chi connectivity index (χ4v) is 3.79. The predicted octanol–water partition coefficient (Wildman–Crippen LogP) is 2.94. The average molecular weight is 266 g/mol. The van der Waals surface area contributed by atoms with Gasteiger partial charge in [0.25, 0.3) is 0 Å². The summed E-state index contributed by atoms with van der Waals surface area (Å²) in [6.07, 6.45) is -0.401. The summed E-state index contributed by atoms with van der Waals surface area (Å²) >= 11 is 0. The Morgan fingerprint density at radius 2 is 1.70 bits per heavy atom. The quantitative estimate of drug-likeness (QED) is 0.834. The molecule has 0 radical (unpaired) electrons. The molecule has 0 aromatic heterocycles. The van der Waals surface area contributed by atoms with Gasteiger partial charge in [-0.25, -0.2) is 0 Å². The molecule has 2 aliphatic carbocycles. The van der Waals surface area contributed by atoms with Crippen LogP contribution in [-0.4, -0.2) is 16.2 Å². The van der Waals surface area contributed by atoms with Gasteiger partial charge in [0, 0.05) is 5.92 Å². The van der Waals surface area contributed by atoms with Crippen LogP contribution in [0.25, 0.3) is 11.1 Å². The molecule has 0 saturated carbocycles. The Labute approximate surface area is 116 Å². The summed E-state index contributed by atoms with van der Waals surface area (Å²) in [5.74, 6) is -1.51. The molecule has 0 heterocycles. The lowest BCUT2D eigenvalue weighted by Gasteiger charge is -2.32. The third-order valence-corrected chi connectivity index (χ3v) is 4.59. The summed E-state index contributed by atoms with van der Waals surface area (Å²) in [5.41, 5.74) is 5.16. The molecule has 2 aromatic carbocycles. The van der Waals surface area contributed by atoms with E-state index in [4.69, 9.17) is 0 Å². The number of hydrogen-bond acceptors (Lipinski definition) is 2. The Kier molecular flexibility index (Phi) is 2.30. The van der Waals surface area contributed by atoms with Gasteiger partial charge in [-0.1, -0.05) is 42.5 Å². The molecule has 0 aliphatic heterocycles. The molecule has 2 N–H and O–H groups in total. The molecule has 4 rings (SSSR count). The highest BCUT2D eigenvalue weighted by Gasteiger charge is 2.44. The van der Waals surface area contributed by atoms with Crippen molar-refractivity contribution in [3.05, 3.63) is 59.2 Å². The SMILES string of the molecule is O=C(O)[C@H]1C[C@@H](O)c2cccc3c2[C@@H]1c1ccccc1-3. The van der Waals surface area contributed by atoms with Crippen LogP contribution in [0.4, 0.5) is 0 Å². The molecule has 3 atom stereocenters. The minimum atomic E-state index is -0.828. The zero-order valence-corrected chi connectivity index (χ0v) is 10.8. The topological polar surface area (TPSA) is 57.5 Å². The van der Waals surface area contributed by atoms with Crippen LogP contribution in [0.1, 0.15) is 35.1 Å². The van der Waals surface area contributed by atoms with Gasteiger partial charge in [-0.3, -0.25) is 4.79 Å². The zero-order valence-electron chi connectivity index (χ0n) is 10.8. The minimum absolute atomic E-state index is 0.127. The summed E-state index contributed by atoms with van der Waals surface area (Å²) < 4.78 is 0. The van der Waals surface area contributed by atoms with Crippen molar-refractivity contribution in [2.45, 2.75) is 18.4 Å². The normalized spacial score (nSPS) is 25.9. The summed E-state index contributed by atoms with van der Waals surface area (Å²) in [7, 11) is 0. The molecule has 0 unspecified atom stereocenters. The Morgan fingerprint density at radius 3 is 2.50 bits per heavy atom. The van der Waals surface area contributed by atoms with Gasteiger partial charge >= 0.3 is 5.97 Å². The smallest absolute Gasteiger partial charge is 0.307 e. The Balaban J connectivity index is 2.05. The highest BCUT2D eigenvalue weighted by Crippen LogP contribution is 2.55. The predicted molar refractivity (Wildman–Crippen MR) is 74.4 cm³/mol. The highest BCUT2D eigenvalue weighted by molar-refractivity contribution is 5.85. The third-order valence-electron chi connectivity index (χ3n) is 4.59. The van der Waals surface area contributed by atoms with Crippen molar-refractivity contribution < 1.29 is 15.0 Å². The van der Waals surface area contributed by atoms with Crippen LogP contribution in [-0.2, 0) is 4.79 Å². The fraction of sp³-hybridized carbons (Fsp3) is 0.235. The van der Waals surface area contributed by atoms with Gasteiger partial charge in [0.05, 0.1) is 12.0 Å². The van der Waals surface area contributed by atoms with E-state index in [0.717, 1.165) is 27.8 Å². The lowest BCUT2D eigenvalue weighted by atomic mass is 9.73. The van der Waals surface area contributed by atoms with Crippen LogP contribution in [0, 0.1) is 5.92 Å². The molecule has 0 amide bonds. The number of hydrogen-bond donors (Lipinski definition) is 2. The van der Waals surface area contributed by atoms with Gasteiger partial charge in [-0.05, 0) is 34.2 Å².